The number of tetrazole rings is 1. The lowest BCUT2D eigenvalue weighted by molar-refractivity contribution is 0.296. The highest BCUT2D eigenvalue weighted by molar-refractivity contribution is 5.96. The van der Waals surface area contributed by atoms with E-state index >= 15 is 0 Å². The predicted octanol–water partition coefficient (Wildman–Crippen LogP) is 4.66. The molecule has 2 aromatic heterocycles. The molecule has 6 heteroatoms. The molecule has 0 spiro atoms. The molecule has 0 aliphatic carbocycles. The highest BCUT2D eigenvalue weighted by Crippen LogP contribution is 2.32. The van der Waals surface area contributed by atoms with Gasteiger partial charge in [0.25, 0.3) is 0 Å². The fourth-order valence-electron chi connectivity index (χ4n) is 3.29. The Bertz CT molecular complexity index is 1240. The number of para-hydroxylation sites is 1. The second-order valence-corrected chi connectivity index (χ2v) is 6.60. The molecule has 0 radical (unpaired) electrons. The smallest absolute Gasteiger partial charge is 0.186 e. The van der Waals surface area contributed by atoms with Gasteiger partial charge in [0.15, 0.2) is 5.82 Å². The Kier molecular flexibility index (Phi) is 4.42. The first-order valence-corrected chi connectivity index (χ1v) is 9.28. The molecular formula is C23H17N5O. The number of rotatable bonds is 5. The molecule has 29 heavy (non-hydrogen) atoms. The van der Waals surface area contributed by atoms with Crippen molar-refractivity contribution in [3.05, 3.63) is 90.8 Å². The van der Waals surface area contributed by atoms with E-state index in [0.29, 0.717) is 12.4 Å². The standard InChI is InChI=1S/C23H17N5O/c1-2-6-16(7-3-1)20-14-22(24-21-9-5-4-8-19(20)21)17-10-12-18(13-11-17)29-15-23-25-27-28-26-23/h1-14H,15H2,(H,25,26,27,28). The summed E-state index contributed by atoms with van der Waals surface area (Å²) in [5.74, 6) is 1.33. The molecule has 0 atom stereocenters. The minimum absolute atomic E-state index is 0.290. The van der Waals surface area contributed by atoms with E-state index in [2.05, 4.69) is 57.0 Å². The molecule has 5 aromatic rings. The van der Waals surface area contributed by atoms with Gasteiger partial charge in [0.1, 0.15) is 12.4 Å². The minimum Gasteiger partial charge on any atom is -0.486 e. The van der Waals surface area contributed by atoms with Gasteiger partial charge in [-0.2, -0.15) is 0 Å². The summed E-state index contributed by atoms with van der Waals surface area (Å²) >= 11 is 0. The third kappa shape index (κ3) is 3.55. The monoisotopic (exact) mass is 379 g/mol. The van der Waals surface area contributed by atoms with Crippen LogP contribution in [0.4, 0.5) is 0 Å². The highest BCUT2D eigenvalue weighted by atomic mass is 16.5. The molecule has 0 saturated carbocycles. The van der Waals surface area contributed by atoms with Gasteiger partial charge in [0.05, 0.1) is 11.2 Å². The number of H-pyrrole nitrogens is 1. The summed E-state index contributed by atoms with van der Waals surface area (Å²) in [6.45, 7) is 0.290. The molecule has 5 rings (SSSR count). The Morgan fingerprint density at radius 1 is 0.793 bits per heavy atom. The van der Waals surface area contributed by atoms with Crippen molar-refractivity contribution in [3.8, 4) is 28.1 Å². The predicted molar refractivity (Wildman–Crippen MR) is 111 cm³/mol. The fraction of sp³-hybridized carbons (Fsp3) is 0.0435. The van der Waals surface area contributed by atoms with Crippen LogP contribution in [0.25, 0.3) is 33.3 Å². The average Bonchev–Trinajstić information content (AvgIpc) is 3.32. The Labute approximate surface area is 167 Å². The lowest BCUT2D eigenvalue weighted by Gasteiger charge is -2.11. The van der Waals surface area contributed by atoms with Gasteiger partial charge >= 0.3 is 0 Å². The van der Waals surface area contributed by atoms with Crippen LogP contribution in [-0.2, 0) is 6.61 Å². The van der Waals surface area contributed by atoms with Crippen molar-refractivity contribution in [1.29, 1.82) is 0 Å². The van der Waals surface area contributed by atoms with Crippen molar-refractivity contribution < 1.29 is 4.74 Å². The van der Waals surface area contributed by atoms with Crippen molar-refractivity contribution in [3.63, 3.8) is 0 Å². The molecule has 6 nitrogen and oxygen atoms in total. The molecule has 3 aromatic carbocycles. The normalized spacial score (nSPS) is 10.9. The Balaban J connectivity index is 1.50. The molecule has 1 N–H and O–H groups in total. The SMILES string of the molecule is c1ccc(-c2cc(-c3ccc(OCc4nnn[nH]4)cc3)nc3ccccc23)cc1. The second-order valence-electron chi connectivity index (χ2n) is 6.60. The number of fused-ring (bicyclic) bond motifs is 1. The van der Waals surface area contributed by atoms with Gasteiger partial charge < -0.3 is 4.74 Å². The van der Waals surface area contributed by atoms with E-state index in [1.165, 1.54) is 11.1 Å². The fourth-order valence-corrected chi connectivity index (χ4v) is 3.29. The van der Waals surface area contributed by atoms with E-state index in [4.69, 9.17) is 9.72 Å². The molecule has 0 aliphatic rings. The number of nitrogens with zero attached hydrogens (tertiary/aromatic N) is 4. The Morgan fingerprint density at radius 2 is 1.59 bits per heavy atom. The van der Waals surface area contributed by atoms with Crippen molar-refractivity contribution in [2.75, 3.05) is 0 Å². The van der Waals surface area contributed by atoms with Gasteiger partial charge in [-0.15, -0.1) is 5.10 Å². The zero-order chi connectivity index (χ0) is 19.5. The zero-order valence-electron chi connectivity index (χ0n) is 15.5. The van der Waals surface area contributed by atoms with Gasteiger partial charge in [0.2, 0.25) is 0 Å². The highest BCUT2D eigenvalue weighted by Gasteiger charge is 2.09. The van der Waals surface area contributed by atoms with Crippen LogP contribution in [0.3, 0.4) is 0 Å². The van der Waals surface area contributed by atoms with E-state index < -0.39 is 0 Å². The summed E-state index contributed by atoms with van der Waals surface area (Å²) in [6, 6.07) is 28.7. The van der Waals surface area contributed by atoms with Gasteiger partial charge in [-0.25, -0.2) is 10.1 Å². The summed E-state index contributed by atoms with van der Waals surface area (Å²) in [6.07, 6.45) is 0. The zero-order valence-corrected chi connectivity index (χ0v) is 15.5. The quantitative estimate of drug-likeness (QED) is 0.481. The number of aromatic nitrogens is 5. The maximum atomic E-state index is 5.71. The molecule has 2 heterocycles. The van der Waals surface area contributed by atoms with Crippen molar-refractivity contribution >= 4 is 10.9 Å². The van der Waals surface area contributed by atoms with E-state index in [1.54, 1.807) is 0 Å². The van der Waals surface area contributed by atoms with E-state index in [1.807, 2.05) is 48.5 Å². The Morgan fingerprint density at radius 3 is 2.38 bits per heavy atom. The average molecular weight is 379 g/mol. The first-order chi connectivity index (χ1) is 14.4. The summed E-state index contributed by atoms with van der Waals surface area (Å²) in [5, 5.41) is 14.7. The largest absolute Gasteiger partial charge is 0.486 e. The van der Waals surface area contributed by atoms with Crippen molar-refractivity contribution in [2.24, 2.45) is 0 Å². The van der Waals surface area contributed by atoms with Crippen LogP contribution in [0.15, 0.2) is 84.9 Å². The Hall–Kier alpha value is -4.06. The number of nitrogens with one attached hydrogen (secondary N) is 1. The topological polar surface area (TPSA) is 76.6 Å². The molecule has 0 saturated heterocycles. The van der Waals surface area contributed by atoms with Crippen LogP contribution in [0.2, 0.25) is 0 Å². The van der Waals surface area contributed by atoms with Gasteiger partial charge in [-0.1, -0.05) is 48.5 Å². The number of pyridine rings is 1. The van der Waals surface area contributed by atoms with Crippen LogP contribution < -0.4 is 4.74 Å². The lowest BCUT2D eigenvalue weighted by Crippen LogP contribution is -1.97. The van der Waals surface area contributed by atoms with Crippen LogP contribution in [0.5, 0.6) is 5.75 Å². The third-order valence-corrected chi connectivity index (χ3v) is 4.72. The van der Waals surface area contributed by atoms with Crippen LogP contribution in [0.1, 0.15) is 5.82 Å². The van der Waals surface area contributed by atoms with E-state index in [9.17, 15) is 0 Å². The molecule has 140 valence electrons. The van der Waals surface area contributed by atoms with Gasteiger partial charge in [-0.3, -0.25) is 0 Å². The van der Waals surface area contributed by atoms with Crippen LogP contribution >= 0.6 is 0 Å². The summed E-state index contributed by atoms with van der Waals surface area (Å²) in [5.41, 5.74) is 5.27. The van der Waals surface area contributed by atoms with Gasteiger partial charge in [0, 0.05) is 10.9 Å². The molecule has 0 unspecified atom stereocenters. The molecular weight excluding hydrogens is 362 g/mol. The first kappa shape index (κ1) is 17.1. The number of hydrogen-bond acceptors (Lipinski definition) is 5. The second kappa shape index (κ2) is 7.52. The third-order valence-electron chi connectivity index (χ3n) is 4.72. The van der Waals surface area contributed by atoms with Gasteiger partial charge in [-0.05, 0) is 58.0 Å². The first-order valence-electron chi connectivity index (χ1n) is 9.28. The number of ether oxygens (including phenoxy) is 1. The lowest BCUT2D eigenvalue weighted by atomic mass is 9.98. The molecule has 0 bridgehead atoms. The molecule has 0 aliphatic heterocycles. The summed E-state index contributed by atoms with van der Waals surface area (Å²) in [4.78, 5) is 4.88. The number of aromatic amines is 1. The maximum Gasteiger partial charge on any atom is 0.186 e. The van der Waals surface area contributed by atoms with Crippen molar-refractivity contribution in [1.82, 2.24) is 25.6 Å². The van der Waals surface area contributed by atoms with Crippen LogP contribution in [0, 0.1) is 0 Å². The van der Waals surface area contributed by atoms with E-state index in [-0.39, 0.29) is 0 Å². The van der Waals surface area contributed by atoms with E-state index in [0.717, 1.165) is 27.9 Å². The summed E-state index contributed by atoms with van der Waals surface area (Å²) in [7, 11) is 0. The molecule has 0 amide bonds. The minimum atomic E-state index is 0.290. The number of hydrogen-bond donors (Lipinski definition) is 1. The maximum absolute atomic E-state index is 5.71. The number of benzene rings is 3. The molecule has 0 fully saturated rings. The van der Waals surface area contributed by atoms with Crippen LogP contribution in [-0.4, -0.2) is 25.6 Å². The van der Waals surface area contributed by atoms with Crippen molar-refractivity contribution in [2.45, 2.75) is 6.61 Å². The summed E-state index contributed by atoms with van der Waals surface area (Å²) < 4.78 is 5.71.